The Bertz CT molecular complexity index is 386. The van der Waals surface area contributed by atoms with Gasteiger partial charge in [0.25, 0.3) is 0 Å². The highest BCUT2D eigenvalue weighted by molar-refractivity contribution is 5.81. The highest BCUT2D eigenvalue weighted by atomic mass is 16.2. The van der Waals surface area contributed by atoms with Gasteiger partial charge in [-0.15, -0.1) is 0 Å². The molecule has 3 nitrogen and oxygen atoms in total. The first-order chi connectivity index (χ1) is 9.02. The van der Waals surface area contributed by atoms with Gasteiger partial charge in [-0.05, 0) is 32.8 Å². The highest BCUT2D eigenvalue weighted by Gasteiger charge is 2.13. The van der Waals surface area contributed by atoms with Gasteiger partial charge in [-0.3, -0.25) is 4.79 Å². The molecule has 19 heavy (non-hydrogen) atoms. The number of benzene rings is 1. The van der Waals surface area contributed by atoms with Crippen LogP contribution in [0.4, 0.5) is 0 Å². The minimum absolute atomic E-state index is 0.0769. The number of carbonyl (C=O) groups is 1. The van der Waals surface area contributed by atoms with Crippen molar-refractivity contribution < 1.29 is 4.79 Å². The van der Waals surface area contributed by atoms with E-state index in [4.69, 9.17) is 0 Å². The van der Waals surface area contributed by atoms with Crippen LogP contribution in [0.25, 0.3) is 0 Å². The van der Waals surface area contributed by atoms with Gasteiger partial charge in [0.1, 0.15) is 0 Å². The zero-order valence-corrected chi connectivity index (χ0v) is 12.5. The van der Waals surface area contributed by atoms with Crippen LogP contribution in [0.5, 0.6) is 0 Å². The predicted molar refractivity (Wildman–Crippen MR) is 80.0 cm³/mol. The molecule has 0 bridgehead atoms. The maximum atomic E-state index is 11.9. The molecular formula is C16H26N2O. The molecular weight excluding hydrogens is 236 g/mol. The van der Waals surface area contributed by atoms with Gasteiger partial charge in [-0.1, -0.05) is 43.2 Å². The van der Waals surface area contributed by atoms with E-state index >= 15 is 0 Å². The number of carbonyl (C=O) groups excluding carboxylic acids is 1. The Balaban J connectivity index is 2.35. The van der Waals surface area contributed by atoms with Crippen molar-refractivity contribution in [3.8, 4) is 0 Å². The third-order valence-electron chi connectivity index (χ3n) is 3.24. The van der Waals surface area contributed by atoms with Crippen LogP contribution in [0.3, 0.4) is 0 Å². The summed E-state index contributed by atoms with van der Waals surface area (Å²) < 4.78 is 0. The molecule has 0 fully saturated rings. The summed E-state index contributed by atoms with van der Waals surface area (Å²) >= 11 is 0. The van der Waals surface area contributed by atoms with Crippen molar-refractivity contribution in [3.05, 3.63) is 35.4 Å². The van der Waals surface area contributed by atoms with Crippen molar-refractivity contribution in [1.29, 1.82) is 0 Å². The fourth-order valence-electron chi connectivity index (χ4n) is 1.94. The molecule has 1 amide bonds. The first-order valence-corrected chi connectivity index (χ1v) is 7.12. The molecule has 0 heterocycles. The summed E-state index contributed by atoms with van der Waals surface area (Å²) in [6, 6.07) is 8.44. The second kappa shape index (κ2) is 7.95. The van der Waals surface area contributed by atoms with E-state index in [2.05, 4.69) is 48.7 Å². The third kappa shape index (κ3) is 5.88. The molecule has 0 saturated carbocycles. The monoisotopic (exact) mass is 262 g/mol. The zero-order chi connectivity index (χ0) is 14.3. The molecule has 0 aromatic heterocycles. The SMILES string of the molecule is CCCC(C)NC(=O)C(C)NCc1ccc(C)cc1. The van der Waals surface area contributed by atoms with Crippen LogP contribution in [0.2, 0.25) is 0 Å². The summed E-state index contributed by atoms with van der Waals surface area (Å²) in [7, 11) is 0. The Kier molecular flexibility index (Phi) is 6.57. The van der Waals surface area contributed by atoms with E-state index in [1.165, 1.54) is 11.1 Å². The van der Waals surface area contributed by atoms with E-state index in [0.717, 1.165) is 19.4 Å². The number of amides is 1. The number of rotatable bonds is 7. The average molecular weight is 262 g/mol. The minimum Gasteiger partial charge on any atom is -0.352 e. The van der Waals surface area contributed by atoms with Crippen LogP contribution in [-0.2, 0) is 11.3 Å². The molecule has 2 N–H and O–H groups in total. The van der Waals surface area contributed by atoms with Crippen molar-refractivity contribution in [1.82, 2.24) is 10.6 Å². The molecule has 3 heteroatoms. The van der Waals surface area contributed by atoms with Crippen LogP contribution in [0.15, 0.2) is 24.3 Å². The molecule has 0 spiro atoms. The molecule has 0 radical (unpaired) electrons. The lowest BCUT2D eigenvalue weighted by molar-refractivity contribution is -0.123. The quantitative estimate of drug-likeness (QED) is 0.793. The fourth-order valence-corrected chi connectivity index (χ4v) is 1.94. The summed E-state index contributed by atoms with van der Waals surface area (Å²) in [6.45, 7) is 8.87. The van der Waals surface area contributed by atoms with Gasteiger partial charge in [0, 0.05) is 12.6 Å². The van der Waals surface area contributed by atoms with Crippen LogP contribution in [0.1, 0.15) is 44.7 Å². The Morgan fingerprint density at radius 3 is 2.42 bits per heavy atom. The summed E-state index contributed by atoms with van der Waals surface area (Å²) in [6.07, 6.45) is 2.11. The normalized spacial score (nSPS) is 13.9. The van der Waals surface area contributed by atoms with Gasteiger partial charge in [0.15, 0.2) is 0 Å². The van der Waals surface area contributed by atoms with E-state index in [0.29, 0.717) is 0 Å². The third-order valence-corrected chi connectivity index (χ3v) is 3.24. The summed E-state index contributed by atoms with van der Waals surface area (Å²) in [4.78, 5) is 11.9. The Morgan fingerprint density at radius 2 is 1.84 bits per heavy atom. The van der Waals surface area contributed by atoms with Crippen LogP contribution < -0.4 is 10.6 Å². The van der Waals surface area contributed by atoms with Crippen molar-refractivity contribution >= 4 is 5.91 Å². The average Bonchev–Trinajstić information content (AvgIpc) is 2.37. The molecule has 106 valence electrons. The van der Waals surface area contributed by atoms with Crippen molar-refractivity contribution in [2.45, 2.75) is 59.2 Å². The number of nitrogens with one attached hydrogen (secondary N) is 2. The maximum absolute atomic E-state index is 11.9. The van der Waals surface area contributed by atoms with E-state index in [1.54, 1.807) is 0 Å². The van der Waals surface area contributed by atoms with Crippen LogP contribution >= 0.6 is 0 Å². The molecule has 1 aromatic rings. The zero-order valence-electron chi connectivity index (χ0n) is 12.5. The lowest BCUT2D eigenvalue weighted by atomic mass is 10.1. The molecule has 0 aliphatic heterocycles. The number of aryl methyl sites for hydroxylation is 1. The van der Waals surface area contributed by atoms with Crippen molar-refractivity contribution in [2.75, 3.05) is 0 Å². The smallest absolute Gasteiger partial charge is 0.237 e. The molecule has 0 aliphatic rings. The van der Waals surface area contributed by atoms with E-state index < -0.39 is 0 Å². The fraction of sp³-hybridized carbons (Fsp3) is 0.562. The molecule has 0 aliphatic carbocycles. The Hall–Kier alpha value is -1.35. The number of hydrogen-bond acceptors (Lipinski definition) is 2. The van der Waals surface area contributed by atoms with Gasteiger partial charge in [0.2, 0.25) is 5.91 Å². The molecule has 2 unspecified atom stereocenters. The van der Waals surface area contributed by atoms with Crippen molar-refractivity contribution in [2.24, 2.45) is 0 Å². The topological polar surface area (TPSA) is 41.1 Å². The summed E-state index contributed by atoms with van der Waals surface area (Å²) in [5, 5.41) is 6.28. The standard InChI is InChI=1S/C16H26N2O/c1-5-6-13(3)18-16(19)14(4)17-11-15-9-7-12(2)8-10-15/h7-10,13-14,17H,5-6,11H2,1-4H3,(H,18,19). The first kappa shape index (κ1) is 15.7. The molecule has 1 rings (SSSR count). The Labute approximate surface area is 116 Å². The lowest BCUT2D eigenvalue weighted by Crippen LogP contribution is -2.45. The lowest BCUT2D eigenvalue weighted by Gasteiger charge is -2.18. The van der Waals surface area contributed by atoms with Gasteiger partial charge in [-0.2, -0.15) is 0 Å². The second-order valence-corrected chi connectivity index (χ2v) is 5.29. The molecule has 0 saturated heterocycles. The largest absolute Gasteiger partial charge is 0.352 e. The van der Waals surface area contributed by atoms with Gasteiger partial charge in [-0.25, -0.2) is 0 Å². The van der Waals surface area contributed by atoms with Gasteiger partial charge in [0.05, 0.1) is 6.04 Å². The van der Waals surface area contributed by atoms with Gasteiger partial charge < -0.3 is 10.6 Å². The number of hydrogen-bond donors (Lipinski definition) is 2. The van der Waals surface area contributed by atoms with E-state index in [1.807, 2.05) is 13.8 Å². The maximum Gasteiger partial charge on any atom is 0.237 e. The summed E-state index contributed by atoms with van der Waals surface area (Å²) in [5.74, 6) is 0.0769. The summed E-state index contributed by atoms with van der Waals surface area (Å²) in [5.41, 5.74) is 2.45. The first-order valence-electron chi connectivity index (χ1n) is 7.12. The molecule has 2 atom stereocenters. The van der Waals surface area contributed by atoms with Crippen molar-refractivity contribution in [3.63, 3.8) is 0 Å². The Morgan fingerprint density at radius 1 is 1.21 bits per heavy atom. The molecule has 1 aromatic carbocycles. The second-order valence-electron chi connectivity index (χ2n) is 5.29. The highest BCUT2D eigenvalue weighted by Crippen LogP contribution is 2.03. The van der Waals surface area contributed by atoms with E-state index in [-0.39, 0.29) is 18.0 Å². The van der Waals surface area contributed by atoms with E-state index in [9.17, 15) is 4.79 Å². The predicted octanol–water partition coefficient (Wildman–Crippen LogP) is 2.78. The van der Waals surface area contributed by atoms with Crippen LogP contribution in [-0.4, -0.2) is 18.0 Å². The van der Waals surface area contributed by atoms with Crippen LogP contribution in [0, 0.1) is 6.92 Å². The van der Waals surface area contributed by atoms with Gasteiger partial charge >= 0.3 is 0 Å². The minimum atomic E-state index is -0.166.